The lowest BCUT2D eigenvalue weighted by Gasteiger charge is -2.15. The lowest BCUT2D eigenvalue weighted by molar-refractivity contribution is -0.394. The van der Waals surface area contributed by atoms with E-state index in [0.29, 0.717) is 16.3 Å². The largest absolute Gasteiger partial charge is 0.449 e. The van der Waals surface area contributed by atoms with Crippen molar-refractivity contribution in [3.63, 3.8) is 0 Å². The van der Waals surface area contributed by atoms with Crippen molar-refractivity contribution in [3.05, 3.63) is 101 Å². The SMILES string of the molecule is O=C1/C(=C/c2ccccc2Oc2ccc([N+](=O)[O-])cc2[N+](=O)[O-])SC(=S)N1c1ccc(Cl)c(Cl)c1. The van der Waals surface area contributed by atoms with Gasteiger partial charge in [-0.05, 0) is 36.4 Å². The summed E-state index contributed by atoms with van der Waals surface area (Å²) in [6, 6.07) is 14.3. The number of hydrogen-bond donors (Lipinski definition) is 0. The molecule has 3 aromatic carbocycles. The summed E-state index contributed by atoms with van der Waals surface area (Å²) in [5.41, 5.74) is -0.116. The average molecular weight is 548 g/mol. The molecule has 1 heterocycles. The lowest BCUT2D eigenvalue weighted by Crippen LogP contribution is -2.27. The second kappa shape index (κ2) is 10.0. The third kappa shape index (κ3) is 5.13. The highest BCUT2D eigenvalue weighted by Crippen LogP contribution is 2.40. The average Bonchev–Trinajstić information content (AvgIpc) is 3.09. The first-order valence-electron chi connectivity index (χ1n) is 9.58. The van der Waals surface area contributed by atoms with E-state index in [4.69, 9.17) is 40.2 Å². The Bertz CT molecular complexity index is 1450. The molecule has 3 aromatic rings. The van der Waals surface area contributed by atoms with Gasteiger partial charge >= 0.3 is 5.69 Å². The number of nitro groups is 2. The number of ether oxygens (including phenoxy) is 1. The molecule has 0 atom stereocenters. The molecule has 0 radical (unpaired) electrons. The van der Waals surface area contributed by atoms with Gasteiger partial charge in [0.05, 0.1) is 36.6 Å². The minimum atomic E-state index is -0.771. The number of rotatable bonds is 6. The molecule has 0 aliphatic carbocycles. The summed E-state index contributed by atoms with van der Waals surface area (Å²) >= 11 is 18.5. The third-order valence-electron chi connectivity index (χ3n) is 4.73. The van der Waals surface area contributed by atoms with E-state index in [1.54, 1.807) is 42.5 Å². The quantitative estimate of drug-likeness (QED) is 0.140. The summed E-state index contributed by atoms with van der Waals surface area (Å²) in [6.07, 6.45) is 1.55. The number of benzene rings is 3. The van der Waals surface area contributed by atoms with Crippen LogP contribution in [0.1, 0.15) is 5.56 Å². The number of para-hydroxylation sites is 1. The highest BCUT2D eigenvalue weighted by molar-refractivity contribution is 8.27. The zero-order valence-corrected chi connectivity index (χ0v) is 20.4. The number of non-ortho nitro benzene ring substituents is 1. The second-order valence-electron chi connectivity index (χ2n) is 6.92. The Morgan fingerprint density at radius 1 is 0.943 bits per heavy atom. The molecule has 1 aliphatic rings. The first-order chi connectivity index (χ1) is 16.7. The number of nitrogens with zero attached hydrogens (tertiary/aromatic N) is 3. The summed E-state index contributed by atoms with van der Waals surface area (Å²) < 4.78 is 6.02. The molecule has 0 spiro atoms. The van der Waals surface area contributed by atoms with Crippen molar-refractivity contribution in [1.82, 2.24) is 0 Å². The van der Waals surface area contributed by atoms with Gasteiger partial charge in [-0.15, -0.1) is 0 Å². The van der Waals surface area contributed by atoms with E-state index < -0.39 is 27.1 Å². The lowest BCUT2D eigenvalue weighted by atomic mass is 10.1. The van der Waals surface area contributed by atoms with Crippen LogP contribution in [0.5, 0.6) is 11.5 Å². The molecule has 0 saturated carbocycles. The van der Waals surface area contributed by atoms with Crippen LogP contribution in [0.3, 0.4) is 0 Å². The number of thiocarbonyl (C=S) groups is 1. The van der Waals surface area contributed by atoms with Crippen LogP contribution >= 0.6 is 47.2 Å². The van der Waals surface area contributed by atoms with E-state index in [1.165, 1.54) is 11.0 Å². The summed E-state index contributed by atoms with van der Waals surface area (Å²) in [5, 5.41) is 23.0. The van der Waals surface area contributed by atoms with Gasteiger partial charge in [0.25, 0.3) is 11.6 Å². The van der Waals surface area contributed by atoms with E-state index in [2.05, 4.69) is 0 Å². The maximum Gasteiger partial charge on any atom is 0.318 e. The van der Waals surface area contributed by atoms with Crippen LogP contribution in [-0.2, 0) is 4.79 Å². The fourth-order valence-corrected chi connectivity index (χ4v) is 4.70. The first-order valence-corrected chi connectivity index (χ1v) is 11.6. The predicted octanol–water partition coefficient (Wildman–Crippen LogP) is 7.01. The highest BCUT2D eigenvalue weighted by Gasteiger charge is 2.34. The van der Waals surface area contributed by atoms with Gasteiger partial charge in [-0.3, -0.25) is 29.9 Å². The maximum absolute atomic E-state index is 13.1. The molecule has 176 valence electrons. The Labute approximate surface area is 217 Å². The molecule has 4 rings (SSSR count). The van der Waals surface area contributed by atoms with Crippen molar-refractivity contribution >= 4 is 80.5 Å². The van der Waals surface area contributed by atoms with Gasteiger partial charge in [-0.2, -0.15) is 0 Å². The topological polar surface area (TPSA) is 116 Å². The predicted molar refractivity (Wildman–Crippen MR) is 138 cm³/mol. The van der Waals surface area contributed by atoms with Crippen molar-refractivity contribution in [1.29, 1.82) is 0 Å². The van der Waals surface area contributed by atoms with Gasteiger partial charge < -0.3 is 4.74 Å². The van der Waals surface area contributed by atoms with Crippen molar-refractivity contribution in [2.75, 3.05) is 4.90 Å². The zero-order chi connectivity index (χ0) is 25.3. The number of nitro benzene ring substituents is 2. The number of amides is 1. The first kappa shape index (κ1) is 24.6. The zero-order valence-electron chi connectivity index (χ0n) is 17.2. The Hall–Kier alpha value is -3.51. The minimum Gasteiger partial charge on any atom is -0.449 e. The van der Waals surface area contributed by atoms with Crippen molar-refractivity contribution in [2.45, 2.75) is 0 Å². The molecule has 0 unspecified atom stereocenters. The molecule has 1 amide bonds. The molecule has 0 aromatic heterocycles. The van der Waals surface area contributed by atoms with Crippen molar-refractivity contribution < 1.29 is 19.4 Å². The summed E-state index contributed by atoms with van der Waals surface area (Å²) in [6.45, 7) is 0. The van der Waals surface area contributed by atoms with Gasteiger partial charge in [0, 0.05) is 11.6 Å². The molecule has 35 heavy (non-hydrogen) atoms. The molecule has 0 bridgehead atoms. The number of halogens is 2. The molecular weight excluding hydrogens is 537 g/mol. The van der Waals surface area contributed by atoms with Crippen LogP contribution in [0.15, 0.2) is 65.6 Å². The molecular formula is C22H11Cl2N3O6S2. The van der Waals surface area contributed by atoms with Gasteiger partial charge in [-0.25, -0.2) is 0 Å². The Kier molecular flexibility index (Phi) is 7.03. The normalized spacial score (nSPS) is 14.5. The minimum absolute atomic E-state index is 0.190. The maximum atomic E-state index is 13.1. The Balaban J connectivity index is 1.68. The van der Waals surface area contributed by atoms with E-state index in [-0.39, 0.29) is 25.7 Å². The third-order valence-corrected chi connectivity index (χ3v) is 6.77. The monoisotopic (exact) mass is 547 g/mol. The smallest absolute Gasteiger partial charge is 0.318 e. The van der Waals surface area contributed by atoms with E-state index in [1.807, 2.05) is 0 Å². The van der Waals surface area contributed by atoms with E-state index in [9.17, 15) is 25.0 Å². The molecule has 13 heteroatoms. The van der Waals surface area contributed by atoms with Gasteiger partial charge in [0.1, 0.15) is 5.75 Å². The standard InChI is InChI=1S/C22H11Cl2N3O6S2/c23-15-7-5-13(10-16(15)24)25-21(28)20(35-22(25)34)9-12-3-1-2-4-18(12)33-19-8-6-14(26(29)30)11-17(19)27(31)32/h1-11H/b20-9-. The van der Waals surface area contributed by atoms with Crippen molar-refractivity contribution in [2.24, 2.45) is 0 Å². The number of carbonyl (C=O) groups is 1. The van der Waals surface area contributed by atoms with Crippen LogP contribution in [0.4, 0.5) is 17.1 Å². The second-order valence-corrected chi connectivity index (χ2v) is 9.41. The summed E-state index contributed by atoms with van der Waals surface area (Å²) in [4.78, 5) is 35.6. The summed E-state index contributed by atoms with van der Waals surface area (Å²) in [5.74, 6) is -0.386. The highest BCUT2D eigenvalue weighted by atomic mass is 35.5. The number of anilines is 1. The van der Waals surface area contributed by atoms with Gasteiger partial charge in [0.2, 0.25) is 5.75 Å². The van der Waals surface area contributed by atoms with Crippen LogP contribution in [-0.4, -0.2) is 20.1 Å². The van der Waals surface area contributed by atoms with E-state index >= 15 is 0 Å². The molecule has 1 fully saturated rings. The number of carbonyl (C=O) groups excluding carboxylic acids is 1. The molecule has 0 N–H and O–H groups in total. The summed E-state index contributed by atoms with van der Waals surface area (Å²) in [7, 11) is 0. The number of thioether (sulfide) groups is 1. The fourth-order valence-electron chi connectivity index (χ4n) is 3.12. The van der Waals surface area contributed by atoms with Crippen molar-refractivity contribution in [3.8, 4) is 11.5 Å². The van der Waals surface area contributed by atoms with E-state index in [0.717, 1.165) is 30.0 Å². The fraction of sp³-hybridized carbons (Fsp3) is 0. The Morgan fingerprint density at radius 3 is 2.37 bits per heavy atom. The molecule has 1 saturated heterocycles. The molecule has 1 aliphatic heterocycles. The van der Waals surface area contributed by atoms with Gasteiger partial charge in [-0.1, -0.05) is 65.4 Å². The van der Waals surface area contributed by atoms with Crippen LogP contribution in [0, 0.1) is 20.2 Å². The van der Waals surface area contributed by atoms with Crippen LogP contribution in [0.2, 0.25) is 10.0 Å². The van der Waals surface area contributed by atoms with Gasteiger partial charge in [0.15, 0.2) is 4.32 Å². The molecule has 9 nitrogen and oxygen atoms in total. The van der Waals surface area contributed by atoms with Crippen LogP contribution in [0.25, 0.3) is 6.08 Å². The number of hydrogen-bond acceptors (Lipinski definition) is 8. The Morgan fingerprint density at radius 2 is 1.69 bits per heavy atom. The van der Waals surface area contributed by atoms with Crippen LogP contribution < -0.4 is 9.64 Å².